The predicted octanol–water partition coefficient (Wildman–Crippen LogP) is 4.98. The lowest BCUT2D eigenvalue weighted by Crippen LogP contribution is -2.39. The zero-order valence-electron chi connectivity index (χ0n) is 17.9. The van der Waals surface area contributed by atoms with Gasteiger partial charge in [-0.2, -0.15) is 0 Å². The molecule has 162 valence electrons. The second-order valence-electron chi connectivity index (χ2n) is 8.47. The summed E-state index contributed by atoms with van der Waals surface area (Å²) >= 11 is 5.95. The zero-order chi connectivity index (χ0) is 22.2. The van der Waals surface area contributed by atoms with Gasteiger partial charge in [0.25, 0.3) is 5.56 Å². The van der Waals surface area contributed by atoms with E-state index in [0.29, 0.717) is 24.7 Å². The molecule has 0 saturated carbocycles. The number of nitrogens with zero attached hydrogens (tertiary/aromatic N) is 3. The lowest BCUT2D eigenvalue weighted by atomic mass is 9.94. The molecule has 2 aromatic heterocycles. The molecule has 1 saturated heterocycles. The van der Waals surface area contributed by atoms with Gasteiger partial charge in [-0.3, -0.25) is 9.59 Å². The first-order chi connectivity index (χ1) is 15.5. The van der Waals surface area contributed by atoms with Crippen molar-refractivity contribution in [2.24, 2.45) is 0 Å². The zero-order valence-corrected chi connectivity index (χ0v) is 18.7. The van der Waals surface area contributed by atoms with E-state index in [4.69, 9.17) is 11.6 Å². The quantitative estimate of drug-likeness (QED) is 0.330. The van der Waals surface area contributed by atoms with Gasteiger partial charge in [-0.25, -0.2) is 4.98 Å². The van der Waals surface area contributed by atoms with Crippen molar-refractivity contribution in [3.05, 3.63) is 87.6 Å². The van der Waals surface area contributed by atoms with Crippen LogP contribution in [-0.4, -0.2) is 33.4 Å². The van der Waals surface area contributed by atoms with E-state index in [-0.39, 0.29) is 17.5 Å². The predicted molar refractivity (Wildman–Crippen MR) is 128 cm³/mol. The molecule has 0 atom stereocenters. The van der Waals surface area contributed by atoms with E-state index in [9.17, 15) is 9.59 Å². The van der Waals surface area contributed by atoms with Crippen molar-refractivity contribution in [2.75, 3.05) is 13.1 Å². The highest BCUT2D eigenvalue weighted by Gasteiger charge is 2.23. The molecule has 5 nitrogen and oxygen atoms in total. The van der Waals surface area contributed by atoms with Crippen LogP contribution in [0, 0.1) is 0 Å². The highest BCUT2D eigenvalue weighted by Crippen LogP contribution is 2.30. The summed E-state index contributed by atoms with van der Waals surface area (Å²) in [5, 5.41) is 4.40. The van der Waals surface area contributed by atoms with Crippen LogP contribution in [0.15, 0.2) is 65.7 Å². The molecule has 1 fully saturated rings. The van der Waals surface area contributed by atoms with Gasteiger partial charge in [0.1, 0.15) is 5.15 Å². The third kappa shape index (κ3) is 3.78. The molecule has 6 heteroatoms. The first kappa shape index (κ1) is 20.7. The molecule has 0 aliphatic carbocycles. The van der Waals surface area contributed by atoms with Crippen LogP contribution in [0.2, 0.25) is 5.15 Å². The van der Waals surface area contributed by atoms with Gasteiger partial charge in [-0.05, 0) is 64.7 Å². The maximum Gasteiger partial charge on any atom is 0.258 e. The van der Waals surface area contributed by atoms with E-state index < -0.39 is 0 Å². The van der Waals surface area contributed by atoms with Crippen molar-refractivity contribution in [2.45, 2.75) is 32.2 Å². The van der Waals surface area contributed by atoms with Crippen molar-refractivity contribution >= 4 is 39.1 Å². The van der Waals surface area contributed by atoms with Crippen LogP contribution in [0.4, 0.5) is 0 Å². The summed E-state index contributed by atoms with van der Waals surface area (Å²) in [5.74, 6) is 0.0992. The second kappa shape index (κ2) is 8.40. The van der Waals surface area contributed by atoms with Gasteiger partial charge < -0.3 is 9.47 Å². The van der Waals surface area contributed by atoms with E-state index in [1.165, 1.54) is 0 Å². The number of pyridine rings is 2. The minimum Gasteiger partial charge on any atom is -0.343 e. The van der Waals surface area contributed by atoms with Crippen LogP contribution in [-0.2, 0) is 11.2 Å². The van der Waals surface area contributed by atoms with E-state index in [2.05, 4.69) is 23.2 Å². The fourth-order valence-electron chi connectivity index (χ4n) is 4.81. The number of carbonyl (C=O) groups is 1. The second-order valence-corrected chi connectivity index (χ2v) is 8.86. The van der Waals surface area contributed by atoms with Crippen LogP contribution >= 0.6 is 11.6 Å². The topological polar surface area (TPSA) is 55.2 Å². The number of likely N-dealkylation sites (tertiary alicyclic amines) is 1. The fraction of sp³-hybridized carbons (Fsp3) is 0.269. The van der Waals surface area contributed by atoms with Crippen LogP contribution in [0.3, 0.4) is 0 Å². The molecule has 0 radical (unpaired) electrons. The highest BCUT2D eigenvalue weighted by atomic mass is 35.5. The van der Waals surface area contributed by atoms with Crippen LogP contribution in [0.25, 0.3) is 21.5 Å². The maximum atomic E-state index is 13.6. The number of hydrogen-bond acceptors (Lipinski definition) is 3. The van der Waals surface area contributed by atoms with Crippen molar-refractivity contribution in [3.63, 3.8) is 0 Å². The standard InChI is InChI=1S/C26H24ClN3O2/c1-17(31)29-11-8-20(9-12-29)30-13-10-23-22-5-3-2-4-21(22)19(15-24(23)26(30)32)14-18-6-7-25(27)28-16-18/h2-7,10,13,15-16,20H,8-9,11-12,14H2,1H3. The lowest BCUT2D eigenvalue weighted by Gasteiger charge is -2.32. The number of hydrogen-bond donors (Lipinski definition) is 0. The molecule has 1 amide bonds. The summed E-state index contributed by atoms with van der Waals surface area (Å²) in [6.45, 7) is 2.99. The Labute approximate surface area is 191 Å². The summed E-state index contributed by atoms with van der Waals surface area (Å²) in [6.07, 6.45) is 5.97. The molecule has 1 aliphatic heterocycles. The van der Waals surface area contributed by atoms with Gasteiger partial charge in [-0.15, -0.1) is 0 Å². The largest absolute Gasteiger partial charge is 0.343 e. The molecular weight excluding hydrogens is 422 g/mol. The van der Waals surface area contributed by atoms with Crippen LogP contribution < -0.4 is 5.56 Å². The normalized spacial score (nSPS) is 14.9. The molecule has 0 unspecified atom stereocenters. The molecule has 2 aromatic carbocycles. The minimum atomic E-state index is 0.0324. The van der Waals surface area contributed by atoms with E-state index in [1.54, 1.807) is 19.2 Å². The van der Waals surface area contributed by atoms with Gasteiger partial charge in [0, 0.05) is 43.8 Å². The smallest absolute Gasteiger partial charge is 0.258 e. The Kier molecular flexibility index (Phi) is 5.43. The van der Waals surface area contributed by atoms with Crippen molar-refractivity contribution in [3.8, 4) is 0 Å². The Hall–Kier alpha value is -3.18. The molecule has 0 N–H and O–H groups in total. The number of aromatic nitrogens is 2. The molecule has 1 aliphatic rings. The monoisotopic (exact) mass is 445 g/mol. The number of carbonyl (C=O) groups excluding carboxylic acids is 1. The first-order valence-corrected chi connectivity index (χ1v) is 11.3. The Morgan fingerprint density at radius 2 is 1.75 bits per heavy atom. The van der Waals surface area contributed by atoms with Crippen LogP contribution in [0.1, 0.15) is 36.9 Å². The molecule has 0 spiro atoms. The SMILES string of the molecule is CC(=O)N1CCC(n2ccc3c(cc(Cc4ccc(Cl)nc4)c4ccccc43)c2=O)CC1. The lowest BCUT2D eigenvalue weighted by molar-refractivity contribution is -0.130. The van der Waals surface area contributed by atoms with Gasteiger partial charge in [0.15, 0.2) is 0 Å². The van der Waals surface area contributed by atoms with Gasteiger partial charge in [-0.1, -0.05) is 41.9 Å². The summed E-state index contributed by atoms with van der Waals surface area (Å²) < 4.78 is 1.86. The minimum absolute atomic E-state index is 0.0324. The Balaban J connectivity index is 1.60. The Morgan fingerprint density at radius 3 is 2.44 bits per heavy atom. The van der Waals surface area contributed by atoms with E-state index in [0.717, 1.165) is 45.5 Å². The van der Waals surface area contributed by atoms with Gasteiger partial charge >= 0.3 is 0 Å². The molecular formula is C26H24ClN3O2. The molecule has 32 heavy (non-hydrogen) atoms. The summed E-state index contributed by atoms with van der Waals surface area (Å²) in [7, 11) is 0. The number of rotatable bonds is 3. The number of piperidine rings is 1. The third-order valence-electron chi connectivity index (χ3n) is 6.53. The molecule has 4 aromatic rings. The van der Waals surface area contributed by atoms with Gasteiger partial charge in [0.05, 0.1) is 0 Å². The van der Waals surface area contributed by atoms with E-state index in [1.807, 2.05) is 39.9 Å². The van der Waals surface area contributed by atoms with E-state index >= 15 is 0 Å². The van der Waals surface area contributed by atoms with Crippen molar-refractivity contribution in [1.29, 1.82) is 0 Å². The Morgan fingerprint density at radius 1 is 1.03 bits per heavy atom. The number of amides is 1. The number of fused-ring (bicyclic) bond motifs is 3. The van der Waals surface area contributed by atoms with Crippen LogP contribution in [0.5, 0.6) is 0 Å². The summed E-state index contributed by atoms with van der Waals surface area (Å²) in [5.41, 5.74) is 2.18. The molecule has 3 heterocycles. The Bertz CT molecular complexity index is 1370. The van der Waals surface area contributed by atoms with Gasteiger partial charge in [0.2, 0.25) is 5.91 Å². The summed E-state index contributed by atoms with van der Waals surface area (Å²) in [6, 6.07) is 16.2. The summed E-state index contributed by atoms with van der Waals surface area (Å²) in [4.78, 5) is 31.3. The van der Waals surface area contributed by atoms with Crippen molar-refractivity contribution in [1.82, 2.24) is 14.5 Å². The molecule has 0 bridgehead atoms. The maximum absolute atomic E-state index is 13.6. The fourth-order valence-corrected chi connectivity index (χ4v) is 4.93. The third-order valence-corrected chi connectivity index (χ3v) is 6.75. The number of benzene rings is 2. The average molecular weight is 446 g/mol. The average Bonchev–Trinajstić information content (AvgIpc) is 2.81. The number of halogens is 1. The first-order valence-electron chi connectivity index (χ1n) is 10.9. The highest BCUT2D eigenvalue weighted by molar-refractivity contribution is 6.29. The van der Waals surface area contributed by atoms with Crippen molar-refractivity contribution < 1.29 is 4.79 Å². The molecule has 5 rings (SSSR count).